The standard InChI is InChI=1S/C10H7ClN2/c11-10-8-5-3-1-2-4-6-9(8)12-7-13-10/h1-7H/b2-1-,3-1?,4-2?,5-3-,6-4-,8-5?,9-6?. The molecule has 0 atom stereocenters. The highest BCUT2D eigenvalue weighted by Gasteiger charge is 2.03. The van der Waals surface area contributed by atoms with E-state index in [-0.39, 0.29) is 0 Å². The van der Waals surface area contributed by atoms with Crippen LogP contribution in [0.2, 0.25) is 5.15 Å². The molecule has 1 aliphatic carbocycles. The summed E-state index contributed by atoms with van der Waals surface area (Å²) in [6.07, 6.45) is 13.0. The molecule has 0 fully saturated rings. The molecule has 0 amide bonds. The van der Waals surface area contributed by atoms with Crippen LogP contribution in [0.3, 0.4) is 0 Å². The summed E-state index contributed by atoms with van der Waals surface area (Å²) >= 11 is 5.91. The molecule has 0 bridgehead atoms. The van der Waals surface area contributed by atoms with Crippen LogP contribution >= 0.6 is 11.6 Å². The number of allylic oxidation sites excluding steroid dienone is 4. The lowest BCUT2D eigenvalue weighted by Crippen LogP contribution is -1.91. The van der Waals surface area contributed by atoms with Crippen molar-refractivity contribution in [2.24, 2.45) is 0 Å². The Kier molecular flexibility index (Phi) is 2.23. The first kappa shape index (κ1) is 8.20. The smallest absolute Gasteiger partial charge is 0.140 e. The van der Waals surface area contributed by atoms with Gasteiger partial charge in [-0.05, 0) is 12.2 Å². The van der Waals surface area contributed by atoms with Crippen molar-refractivity contribution in [2.75, 3.05) is 0 Å². The van der Waals surface area contributed by atoms with Gasteiger partial charge in [-0.1, -0.05) is 35.9 Å². The van der Waals surface area contributed by atoms with Gasteiger partial charge < -0.3 is 0 Å². The van der Waals surface area contributed by atoms with Crippen molar-refractivity contribution >= 4 is 23.8 Å². The van der Waals surface area contributed by atoms with E-state index < -0.39 is 0 Å². The second-order valence-corrected chi connectivity index (χ2v) is 2.92. The van der Waals surface area contributed by atoms with Gasteiger partial charge in [0.2, 0.25) is 0 Å². The molecule has 0 spiro atoms. The summed E-state index contributed by atoms with van der Waals surface area (Å²) in [5, 5.41) is 0.487. The predicted molar refractivity (Wildman–Crippen MR) is 54.3 cm³/mol. The highest BCUT2D eigenvalue weighted by Crippen LogP contribution is 2.19. The van der Waals surface area contributed by atoms with Gasteiger partial charge in [-0.2, -0.15) is 0 Å². The van der Waals surface area contributed by atoms with Crippen LogP contribution in [0.15, 0.2) is 30.6 Å². The van der Waals surface area contributed by atoms with E-state index in [1.165, 1.54) is 6.33 Å². The average molecular weight is 191 g/mol. The van der Waals surface area contributed by atoms with Gasteiger partial charge in [0.25, 0.3) is 0 Å². The molecule has 0 saturated carbocycles. The van der Waals surface area contributed by atoms with Gasteiger partial charge in [0.05, 0.1) is 5.69 Å². The summed E-state index contributed by atoms with van der Waals surface area (Å²) in [5.74, 6) is 0. The van der Waals surface area contributed by atoms with E-state index in [4.69, 9.17) is 11.6 Å². The second kappa shape index (κ2) is 3.54. The zero-order chi connectivity index (χ0) is 9.10. The zero-order valence-electron chi connectivity index (χ0n) is 6.81. The topological polar surface area (TPSA) is 25.8 Å². The molecule has 1 aromatic heterocycles. The molecule has 0 N–H and O–H groups in total. The molecular formula is C10H7ClN2. The SMILES string of the molecule is Clc1ncnc2c1\C=C/C=C\C=C/2. The van der Waals surface area contributed by atoms with Gasteiger partial charge in [0.15, 0.2) is 0 Å². The predicted octanol–water partition coefficient (Wildman–Crippen LogP) is 2.73. The minimum atomic E-state index is 0.487. The van der Waals surface area contributed by atoms with Gasteiger partial charge in [0, 0.05) is 5.56 Å². The summed E-state index contributed by atoms with van der Waals surface area (Å²) in [7, 11) is 0. The van der Waals surface area contributed by atoms with Crippen LogP contribution in [-0.2, 0) is 0 Å². The van der Waals surface area contributed by atoms with Crippen molar-refractivity contribution in [2.45, 2.75) is 0 Å². The molecule has 2 nitrogen and oxygen atoms in total. The number of aromatic nitrogens is 2. The molecule has 0 aromatic carbocycles. The van der Waals surface area contributed by atoms with Gasteiger partial charge in [0.1, 0.15) is 11.5 Å². The van der Waals surface area contributed by atoms with Crippen LogP contribution in [0.5, 0.6) is 0 Å². The third-order valence-electron chi connectivity index (χ3n) is 1.72. The van der Waals surface area contributed by atoms with Crippen LogP contribution in [0.1, 0.15) is 11.3 Å². The highest BCUT2D eigenvalue weighted by molar-refractivity contribution is 6.31. The monoisotopic (exact) mass is 190 g/mol. The maximum absolute atomic E-state index is 5.91. The van der Waals surface area contributed by atoms with E-state index in [9.17, 15) is 0 Å². The summed E-state index contributed by atoms with van der Waals surface area (Å²) in [5.41, 5.74) is 1.71. The van der Waals surface area contributed by atoms with Crippen molar-refractivity contribution in [1.29, 1.82) is 0 Å². The quantitative estimate of drug-likeness (QED) is 0.588. The molecule has 1 heterocycles. The molecule has 1 aromatic rings. The molecule has 0 saturated heterocycles. The molecule has 13 heavy (non-hydrogen) atoms. The minimum absolute atomic E-state index is 0.487. The lowest BCUT2D eigenvalue weighted by molar-refractivity contribution is 1.14. The van der Waals surface area contributed by atoms with E-state index in [2.05, 4.69) is 9.97 Å². The van der Waals surface area contributed by atoms with Crippen LogP contribution in [0, 0.1) is 0 Å². The lowest BCUT2D eigenvalue weighted by Gasteiger charge is -2.01. The van der Waals surface area contributed by atoms with E-state index >= 15 is 0 Å². The first-order valence-electron chi connectivity index (χ1n) is 3.90. The fourth-order valence-corrected chi connectivity index (χ4v) is 1.30. The Morgan fingerprint density at radius 1 is 0.923 bits per heavy atom. The van der Waals surface area contributed by atoms with E-state index in [0.29, 0.717) is 5.15 Å². The summed E-state index contributed by atoms with van der Waals surface area (Å²) in [6.45, 7) is 0. The fraction of sp³-hybridized carbons (Fsp3) is 0. The molecule has 3 heteroatoms. The number of rotatable bonds is 0. The first-order chi connectivity index (χ1) is 6.38. The summed E-state index contributed by atoms with van der Waals surface area (Å²) in [4.78, 5) is 8.02. The van der Waals surface area contributed by atoms with Crippen LogP contribution in [0.25, 0.3) is 12.2 Å². The lowest BCUT2D eigenvalue weighted by atomic mass is 10.1. The third kappa shape index (κ3) is 1.68. The normalized spacial score (nSPS) is 21.0. The molecule has 1 aliphatic rings. The maximum atomic E-state index is 5.91. The largest absolute Gasteiger partial charge is 0.236 e. The average Bonchev–Trinajstić information content (AvgIpc) is 2.07. The Bertz CT molecular complexity index is 405. The number of fused-ring (bicyclic) bond motifs is 1. The summed E-state index contributed by atoms with van der Waals surface area (Å²) < 4.78 is 0. The Labute approximate surface area is 81.3 Å². The van der Waals surface area contributed by atoms with Gasteiger partial charge in [-0.3, -0.25) is 0 Å². The van der Waals surface area contributed by atoms with Crippen molar-refractivity contribution < 1.29 is 0 Å². The Morgan fingerprint density at radius 3 is 2.54 bits per heavy atom. The maximum Gasteiger partial charge on any atom is 0.140 e. The van der Waals surface area contributed by atoms with E-state index in [1.807, 2.05) is 36.5 Å². The fourth-order valence-electron chi connectivity index (χ4n) is 1.10. The molecule has 64 valence electrons. The zero-order valence-corrected chi connectivity index (χ0v) is 7.57. The highest BCUT2D eigenvalue weighted by atomic mass is 35.5. The van der Waals surface area contributed by atoms with Crippen LogP contribution in [-0.4, -0.2) is 9.97 Å². The number of hydrogen-bond donors (Lipinski definition) is 0. The molecule has 0 unspecified atom stereocenters. The Balaban J connectivity index is 2.62. The number of halogens is 1. The van der Waals surface area contributed by atoms with Crippen LogP contribution in [0.4, 0.5) is 0 Å². The van der Waals surface area contributed by atoms with Gasteiger partial charge in [-0.15, -0.1) is 0 Å². The molecule has 2 rings (SSSR count). The van der Waals surface area contributed by atoms with Crippen LogP contribution < -0.4 is 0 Å². The Morgan fingerprint density at radius 2 is 1.69 bits per heavy atom. The first-order valence-corrected chi connectivity index (χ1v) is 4.27. The van der Waals surface area contributed by atoms with Crippen molar-refractivity contribution in [1.82, 2.24) is 9.97 Å². The van der Waals surface area contributed by atoms with Crippen molar-refractivity contribution in [3.63, 3.8) is 0 Å². The summed E-state index contributed by atoms with van der Waals surface area (Å²) in [6, 6.07) is 0. The van der Waals surface area contributed by atoms with Gasteiger partial charge >= 0.3 is 0 Å². The number of nitrogens with zero attached hydrogens (tertiary/aromatic N) is 2. The van der Waals surface area contributed by atoms with Gasteiger partial charge in [-0.25, -0.2) is 9.97 Å². The molecule has 0 aliphatic heterocycles. The van der Waals surface area contributed by atoms with Crippen molar-refractivity contribution in [3.05, 3.63) is 47.0 Å². The Hall–Kier alpha value is -1.41. The molecule has 0 radical (unpaired) electrons. The second-order valence-electron chi connectivity index (χ2n) is 2.57. The number of hydrogen-bond acceptors (Lipinski definition) is 2. The minimum Gasteiger partial charge on any atom is -0.236 e. The van der Waals surface area contributed by atoms with Crippen molar-refractivity contribution in [3.8, 4) is 0 Å². The van der Waals surface area contributed by atoms with E-state index in [1.54, 1.807) is 0 Å². The molecular weight excluding hydrogens is 184 g/mol. The van der Waals surface area contributed by atoms with E-state index in [0.717, 1.165) is 11.3 Å². The third-order valence-corrected chi connectivity index (χ3v) is 2.02.